The molecule has 0 radical (unpaired) electrons. The maximum Gasteiger partial charge on any atom is 0.573 e. The molecule has 4 nitrogen and oxygen atoms in total. The van der Waals surface area contributed by atoms with Crippen molar-refractivity contribution in [1.29, 1.82) is 0 Å². The number of carbonyl (C=O) groups excluding carboxylic acids is 1. The van der Waals surface area contributed by atoms with Gasteiger partial charge < -0.3 is 15.0 Å². The van der Waals surface area contributed by atoms with Crippen LogP contribution in [0.15, 0.2) is 24.3 Å². The van der Waals surface area contributed by atoms with Crippen LogP contribution in [-0.4, -0.2) is 37.8 Å². The summed E-state index contributed by atoms with van der Waals surface area (Å²) in [5, 5.41) is 2.93. The van der Waals surface area contributed by atoms with E-state index >= 15 is 0 Å². The molecule has 0 saturated heterocycles. The largest absolute Gasteiger partial charge is 0.573 e. The first kappa shape index (κ1) is 20.5. The Hall–Kier alpha value is -1.47. The van der Waals surface area contributed by atoms with Crippen LogP contribution < -0.4 is 10.1 Å². The zero-order chi connectivity index (χ0) is 16.0. The number of hydrogen-bond donors (Lipinski definition) is 1. The van der Waals surface area contributed by atoms with E-state index in [9.17, 15) is 18.0 Å². The van der Waals surface area contributed by atoms with Crippen LogP contribution in [0.2, 0.25) is 0 Å². The van der Waals surface area contributed by atoms with Crippen LogP contribution in [-0.2, 0) is 11.3 Å². The summed E-state index contributed by atoms with van der Waals surface area (Å²) in [4.78, 5) is 13.5. The average molecular weight is 341 g/mol. The van der Waals surface area contributed by atoms with Gasteiger partial charge in [-0.1, -0.05) is 19.1 Å². The fourth-order valence-electron chi connectivity index (χ4n) is 1.92. The molecule has 0 aliphatic carbocycles. The maximum atomic E-state index is 12.0. The van der Waals surface area contributed by atoms with Gasteiger partial charge in [0.15, 0.2) is 0 Å². The summed E-state index contributed by atoms with van der Waals surface area (Å²) in [6, 6.07) is 5.48. The molecule has 0 aliphatic heterocycles. The normalized spacial score (nSPS) is 12.3. The fraction of sp³-hybridized carbons (Fsp3) is 0.500. The van der Waals surface area contributed by atoms with Gasteiger partial charge in [-0.2, -0.15) is 0 Å². The molecule has 0 saturated carbocycles. The zero-order valence-corrected chi connectivity index (χ0v) is 13.4. The number of ether oxygens (including phenoxy) is 1. The minimum Gasteiger partial charge on any atom is -0.406 e. The first-order valence-corrected chi connectivity index (χ1v) is 6.47. The number of nitrogens with zero attached hydrogens (tertiary/aromatic N) is 1. The van der Waals surface area contributed by atoms with Crippen molar-refractivity contribution in [1.82, 2.24) is 10.2 Å². The lowest BCUT2D eigenvalue weighted by atomic mass is 10.1. The Kier molecular flexibility index (Phi) is 8.26. The van der Waals surface area contributed by atoms with E-state index in [2.05, 4.69) is 10.1 Å². The minimum absolute atomic E-state index is 0. The fourth-order valence-corrected chi connectivity index (χ4v) is 1.92. The van der Waals surface area contributed by atoms with Crippen LogP contribution >= 0.6 is 12.4 Å². The predicted octanol–water partition coefficient (Wildman–Crippen LogP) is 2.82. The molecule has 1 unspecified atom stereocenters. The van der Waals surface area contributed by atoms with Crippen LogP contribution in [0.5, 0.6) is 5.75 Å². The van der Waals surface area contributed by atoms with Gasteiger partial charge in [-0.05, 0) is 24.7 Å². The van der Waals surface area contributed by atoms with Crippen LogP contribution in [0.25, 0.3) is 0 Å². The highest BCUT2D eigenvalue weighted by molar-refractivity contribution is 5.85. The Morgan fingerprint density at radius 3 is 2.32 bits per heavy atom. The monoisotopic (exact) mass is 340 g/mol. The molecule has 0 bridgehead atoms. The van der Waals surface area contributed by atoms with Gasteiger partial charge in [0.25, 0.3) is 0 Å². The number of carbonyl (C=O) groups is 1. The maximum absolute atomic E-state index is 12.0. The standard InChI is InChI=1S/C14H19F3N2O2.ClH/c1-10(8-18-2)13(20)19(3)9-11-4-6-12(7-5-11)21-14(15,16)17;/h4-7,10,18H,8-9H2,1-3H3;1H. The Balaban J connectivity index is 0.00000441. The molecule has 22 heavy (non-hydrogen) atoms. The van der Waals surface area contributed by atoms with Crippen molar-refractivity contribution in [3.8, 4) is 5.75 Å². The highest BCUT2D eigenvalue weighted by Gasteiger charge is 2.31. The molecule has 1 amide bonds. The van der Waals surface area contributed by atoms with Gasteiger partial charge in [-0.15, -0.1) is 25.6 Å². The second-order valence-electron chi connectivity index (χ2n) is 4.84. The van der Waals surface area contributed by atoms with Gasteiger partial charge in [0.2, 0.25) is 5.91 Å². The van der Waals surface area contributed by atoms with Crippen molar-refractivity contribution in [3.63, 3.8) is 0 Å². The molecule has 1 aromatic carbocycles. The van der Waals surface area contributed by atoms with Crippen LogP contribution in [0, 0.1) is 5.92 Å². The Labute approximate surface area is 134 Å². The van der Waals surface area contributed by atoms with E-state index < -0.39 is 6.36 Å². The third-order valence-corrected chi connectivity index (χ3v) is 2.88. The van der Waals surface area contributed by atoms with E-state index in [1.807, 2.05) is 6.92 Å². The quantitative estimate of drug-likeness (QED) is 0.866. The number of alkyl halides is 3. The summed E-state index contributed by atoms with van der Waals surface area (Å²) in [5.74, 6) is -0.461. The Morgan fingerprint density at radius 1 is 1.32 bits per heavy atom. The molecule has 1 rings (SSSR count). The van der Waals surface area contributed by atoms with E-state index in [1.54, 1.807) is 19.0 Å². The first-order valence-electron chi connectivity index (χ1n) is 6.47. The second-order valence-corrected chi connectivity index (χ2v) is 4.84. The van der Waals surface area contributed by atoms with E-state index in [0.717, 1.165) is 5.56 Å². The van der Waals surface area contributed by atoms with Crippen LogP contribution in [0.4, 0.5) is 13.2 Å². The molecule has 0 aromatic heterocycles. The highest BCUT2D eigenvalue weighted by Crippen LogP contribution is 2.23. The number of benzene rings is 1. The molecule has 0 aliphatic rings. The lowest BCUT2D eigenvalue weighted by molar-refractivity contribution is -0.274. The summed E-state index contributed by atoms with van der Waals surface area (Å²) in [7, 11) is 3.43. The molecular weight excluding hydrogens is 321 g/mol. The second kappa shape index (κ2) is 8.85. The Bertz CT molecular complexity index is 466. The minimum atomic E-state index is -4.70. The van der Waals surface area contributed by atoms with Gasteiger partial charge in [0.05, 0.1) is 0 Å². The van der Waals surface area contributed by atoms with Crippen molar-refractivity contribution >= 4 is 18.3 Å². The number of rotatable bonds is 6. The van der Waals surface area contributed by atoms with Gasteiger partial charge in [0.1, 0.15) is 5.75 Å². The molecule has 0 fully saturated rings. The number of amides is 1. The van der Waals surface area contributed by atoms with E-state index in [1.165, 1.54) is 24.3 Å². The molecule has 0 spiro atoms. The number of hydrogen-bond acceptors (Lipinski definition) is 3. The summed E-state index contributed by atoms with van der Waals surface area (Å²) in [6.45, 7) is 2.72. The highest BCUT2D eigenvalue weighted by atomic mass is 35.5. The smallest absolute Gasteiger partial charge is 0.406 e. The summed E-state index contributed by atoms with van der Waals surface area (Å²) in [6.07, 6.45) is -4.70. The van der Waals surface area contributed by atoms with Crippen LogP contribution in [0.3, 0.4) is 0 Å². The van der Waals surface area contributed by atoms with Crippen LogP contribution in [0.1, 0.15) is 12.5 Å². The molecular formula is C14H20ClF3N2O2. The van der Waals surface area contributed by atoms with Gasteiger partial charge in [-0.25, -0.2) is 0 Å². The Morgan fingerprint density at radius 2 is 1.86 bits per heavy atom. The number of halogens is 4. The van der Waals surface area contributed by atoms with Crippen molar-refractivity contribution in [2.75, 3.05) is 20.6 Å². The van der Waals surface area contributed by atoms with E-state index in [-0.39, 0.29) is 30.0 Å². The van der Waals surface area contributed by atoms with Gasteiger partial charge in [0, 0.05) is 26.1 Å². The van der Waals surface area contributed by atoms with Gasteiger partial charge in [-0.3, -0.25) is 4.79 Å². The van der Waals surface area contributed by atoms with E-state index in [4.69, 9.17) is 0 Å². The molecule has 126 valence electrons. The molecule has 1 N–H and O–H groups in total. The molecule has 8 heteroatoms. The van der Waals surface area contributed by atoms with Crippen molar-refractivity contribution in [3.05, 3.63) is 29.8 Å². The first-order chi connectivity index (χ1) is 9.73. The summed E-state index contributed by atoms with van der Waals surface area (Å²) < 4.78 is 39.9. The lowest BCUT2D eigenvalue weighted by Crippen LogP contribution is -2.35. The molecule has 1 atom stereocenters. The lowest BCUT2D eigenvalue weighted by Gasteiger charge is -2.21. The predicted molar refractivity (Wildman–Crippen MR) is 79.9 cm³/mol. The van der Waals surface area contributed by atoms with Crippen molar-refractivity contribution in [2.45, 2.75) is 19.8 Å². The zero-order valence-electron chi connectivity index (χ0n) is 12.6. The summed E-state index contributed by atoms with van der Waals surface area (Å²) >= 11 is 0. The average Bonchev–Trinajstić information content (AvgIpc) is 2.38. The SMILES string of the molecule is CNCC(C)C(=O)N(C)Cc1ccc(OC(F)(F)F)cc1.Cl. The van der Waals surface area contributed by atoms with Crippen molar-refractivity contribution in [2.24, 2.45) is 5.92 Å². The third kappa shape index (κ3) is 7.00. The molecule has 1 aromatic rings. The third-order valence-electron chi connectivity index (χ3n) is 2.88. The topological polar surface area (TPSA) is 41.6 Å². The van der Waals surface area contributed by atoms with E-state index in [0.29, 0.717) is 13.1 Å². The summed E-state index contributed by atoms with van der Waals surface area (Å²) in [5.41, 5.74) is 0.733. The molecule has 0 heterocycles. The van der Waals surface area contributed by atoms with Crippen molar-refractivity contribution < 1.29 is 22.7 Å². The van der Waals surface area contributed by atoms with Gasteiger partial charge >= 0.3 is 6.36 Å². The number of nitrogens with one attached hydrogen (secondary N) is 1.